The average Bonchev–Trinajstić information content (AvgIpc) is 2.15. The van der Waals surface area contributed by atoms with Crippen LogP contribution >= 0.6 is 0 Å². The highest BCUT2D eigenvalue weighted by atomic mass is 19.4. The molecular weight excluding hydrogens is 213 g/mol. The number of halogens is 3. The highest BCUT2D eigenvalue weighted by Gasteiger charge is 2.39. The van der Waals surface area contributed by atoms with E-state index in [1.165, 1.54) is 0 Å². The SMILES string of the molecule is O=C([O-])c1ccc(C(=O)C(F)(F)F)cc1. The largest absolute Gasteiger partial charge is 0.545 e. The molecule has 15 heavy (non-hydrogen) atoms. The fourth-order valence-corrected chi connectivity index (χ4v) is 0.921. The van der Waals surface area contributed by atoms with Crippen molar-refractivity contribution in [2.75, 3.05) is 0 Å². The molecule has 0 aromatic heterocycles. The summed E-state index contributed by atoms with van der Waals surface area (Å²) in [5.41, 5.74) is -0.888. The minimum absolute atomic E-state index is 0.284. The molecule has 0 bridgehead atoms. The third-order valence-corrected chi connectivity index (χ3v) is 1.64. The molecule has 0 N–H and O–H groups in total. The van der Waals surface area contributed by atoms with Gasteiger partial charge in [0.2, 0.25) is 0 Å². The predicted octanol–water partition coefficient (Wildman–Crippen LogP) is 0.795. The Labute approximate surface area is 82.1 Å². The van der Waals surface area contributed by atoms with E-state index >= 15 is 0 Å². The fourth-order valence-electron chi connectivity index (χ4n) is 0.921. The van der Waals surface area contributed by atoms with Crippen LogP contribution in [0.5, 0.6) is 0 Å². The first-order valence-corrected chi connectivity index (χ1v) is 3.75. The fraction of sp³-hybridized carbons (Fsp3) is 0.111. The zero-order chi connectivity index (χ0) is 11.6. The number of rotatable bonds is 2. The van der Waals surface area contributed by atoms with E-state index in [1.54, 1.807) is 0 Å². The molecule has 1 rings (SSSR count). The van der Waals surface area contributed by atoms with Gasteiger partial charge in [-0.1, -0.05) is 24.3 Å². The molecule has 0 saturated heterocycles. The molecule has 6 heteroatoms. The lowest BCUT2D eigenvalue weighted by molar-refractivity contribution is -0.255. The highest BCUT2D eigenvalue weighted by molar-refractivity contribution is 6.00. The van der Waals surface area contributed by atoms with E-state index in [1.807, 2.05) is 0 Å². The standard InChI is InChI=1S/C9H5F3O3/c10-9(11,12)7(13)5-1-3-6(4-2-5)8(14)15/h1-4H,(H,14,15)/p-1. The molecule has 1 aromatic carbocycles. The van der Waals surface area contributed by atoms with Crippen molar-refractivity contribution < 1.29 is 27.9 Å². The van der Waals surface area contributed by atoms with Crippen molar-refractivity contribution in [3.8, 4) is 0 Å². The van der Waals surface area contributed by atoms with E-state index in [2.05, 4.69) is 0 Å². The number of Topliss-reactive ketones (excluding diaryl/α,β-unsaturated/α-hetero) is 1. The summed E-state index contributed by atoms with van der Waals surface area (Å²) in [5.74, 6) is -3.52. The Balaban J connectivity index is 3.00. The normalized spacial score (nSPS) is 11.1. The average molecular weight is 217 g/mol. The van der Waals surface area contributed by atoms with Crippen LogP contribution in [-0.4, -0.2) is 17.9 Å². The number of hydrogen-bond acceptors (Lipinski definition) is 3. The summed E-state index contributed by atoms with van der Waals surface area (Å²) >= 11 is 0. The van der Waals surface area contributed by atoms with Crippen molar-refractivity contribution in [1.82, 2.24) is 0 Å². The van der Waals surface area contributed by atoms with E-state index in [-0.39, 0.29) is 5.56 Å². The lowest BCUT2D eigenvalue weighted by Crippen LogP contribution is -2.24. The smallest absolute Gasteiger partial charge is 0.454 e. The van der Waals surface area contributed by atoms with Crippen LogP contribution < -0.4 is 5.11 Å². The Kier molecular flexibility index (Phi) is 2.78. The molecule has 0 amide bonds. The highest BCUT2D eigenvalue weighted by Crippen LogP contribution is 2.21. The van der Waals surface area contributed by atoms with Crippen LogP contribution in [0.15, 0.2) is 24.3 Å². The Hall–Kier alpha value is -1.85. The van der Waals surface area contributed by atoms with Gasteiger partial charge in [0.15, 0.2) is 0 Å². The maximum atomic E-state index is 11.9. The maximum absolute atomic E-state index is 11.9. The van der Waals surface area contributed by atoms with Gasteiger partial charge in [-0.05, 0) is 5.56 Å². The van der Waals surface area contributed by atoms with Gasteiger partial charge in [0, 0.05) is 5.56 Å². The number of carbonyl (C=O) groups is 2. The minimum atomic E-state index is -4.96. The third-order valence-electron chi connectivity index (χ3n) is 1.64. The van der Waals surface area contributed by atoms with Crippen molar-refractivity contribution in [3.63, 3.8) is 0 Å². The molecule has 0 saturated carbocycles. The molecular formula is C9H4F3O3-. The van der Waals surface area contributed by atoms with Crippen LogP contribution in [0.2, 0.25) is 0 Å². The summed E-state index contributed by atoms with van der Waals surface area (Å²) in [6, 6.07) is 3.35. The monoisotopic (exact) mass is 217 g/mol. The number of carbonyl (C=O) groups excluding carboxylic acids is 2. The first kappa shape index (κ1) is 11.2. The van der Waals surface area contributed by atoms with Gasteiger partial charge in [0.25, 0.3) is 5.78 Å². The number of carboxylic acid groups (broad SMARTS) is 1. The molecule has 0 aliphatic rings. The van der Waals surface area contributed by atoms with Crippen molar-refractivity contribution >= 4 is 11.8 Å². The van der Waals surface area contributed by atoms with E-state index in [9.17, 15) is 27.9 Å². The van der Waals surface area contributed by atoms with Crippen LogP contribution in [0.1, 0.15) is 20.7 Å². The molecule has 0 spiro atoms. The van der Waals surface area contributed by atoms with Gasteiger partial charge in [-0.25, -0.2) is 0 Å². The zero-order valence-electron chi connectivity index (χ0n) is 7.17. The summed E-state index contributed by atoms with van der Waals surface area (Å²) in [6.45, 7) is 0. The molecule has 0 fully saturated rings. The summed E-state index contributed by atoms with van der Waals surface area (Å²) in [5, 5.41) is 10.3. The number of ketones is 1. The summed E-state index contributed by atoms with van der Waals surface area (Å²) in [6.07, 6.45) is -4.96. The molecule has 0 atom stereocenters. The van der Waals surface area contributed by atoms with E-state index in [4.69, 9.17) is 0 Å². The van der Waals surface area contributed by atoms with E-state index < -0.39 is 23.5 Å². The van der Waals surface area contributed by atoms with Crippen LogP contribution in [-0.2, 0) is 0 Å². The molecule has 0 aliphatic heterocycles. The van der Waals surface area contributed by atoms with Crippen LogP contribution in [0, 0.1) is 0 Å². The summed E-state index contributed by atoms with van der Waals surface area (Å²) in [4.78, 5) is 20.9. The van der Waals surface area contributed by atoms with Gasteiger partial charge in [0.05, 0.1) is 5.97 Å². The van der Waals surface area contributed by atoms with Crippen LogP contribution in [0.4, 0.5) is 13.2 Å². The predicted molar refractivity (Wildman–Crippen MR) is 41.2 cm³/mol. The van der Waals surface area contributed by atoms with Gasteiger partial charge < -0.3 is 9.90 Å². The van der Waals surface area contributed by atoms with Gasteiger partial charge >= 0.3 is 6.18 Å². The number of aromatic carboxylic acids is 1. The van der Waals surface area contributed by atoms with Crippen molar-refractivity contribution in [2.45, 2.75) is 6.18 Å². The number of carboxylic acids is 1. The van der Waals surface area contributed by atoms with Crippen LogP contribution in [0.3, 0.4) is 0 Å². The Morgan fingerprint density at radius 2 is 1.40 bits per heavy atom. The van der Waals surface area contributed by atoms with Crippen molar-refractivity contribution in [3.05, 3.63) is 35.4 Å². The van der Waals surface area contributed by atoms with Gasteiger partial charge in [-0.3, -0.25) is 4.79 Å². The molecule has 0 unspecified atom stereocenters. The second-order valence-corrected chi connectivity index (χ2v) is 2.69. The molecule has 0 heterocycles. The molecule has 1 aromatic rings. The van der Waals surface area contributed by atoms with Crippen molar-refractivity contribution in [1.29, 1.82) is 0 Å². The summed E-state index contributed by atoms with van der Waals surface area (Å²) in [7, 11) is 0. The Bertz CT molecular complexity index is 392. The zero-order valence-corrected chi connectivity index (χ0v) is 7.17. The lowest BCUT2D eigenvalue weighted by Gasteiger charge is -2.06. The number of benzene rings is 1. The quantitative estimate of drug-likeness (QED) is 0.688. The molecule has 3 nitrogen and oxygen atoms in total. The van der Waals surface area contributed by atoms with Gasteiger partial charge in [-0.15, -0.1) is 0 Å². The second-order valence-electron chi connectivity index (χ2n) is 2.69. The van der Waals surface area contributed by atoms with E-state index in [0.29, 0.717) is 0 Å². The van der Waals surface area contributed by atoms with Crippen molar-refractivity contribution in [2.24, 2.45) is 0 Å². The summed E-state index contributed by atoms with van der Waals surface area (Å²) < 4.78 is 35.7. The minimum Gasteiger partial charge on any atom is -0.545 e. The molecule has 0 aliphatic carbocycles. The second kappa shape index (κ2) is 3.72. The lowest BCUT2D eigenvalue weighted by atomic mass is 10.1. The number of hydrogen-bond donors (Lipinski definition) is 0. The third kappa shape index (κ3) is 2.55. The first-order valence-electron chi connectivity index (χ1n) is 3.75. The number of alkyl halides is 3. The maximum Gasteiger partial charge on any atom is 0.454 e. The Morgan fingerprint density at radius 1 is 1.00 bits per heavy atom. The van der Waals surface area contributed by atoms with Gasteiger partial charge in [0.1, 0.15) is 0 Å². The molecule has 80 valence electrons. The van der Waals surface area contributed by atoms with E-state index in [0.717, 1.165) is 24.3 Å². The van der Waals surface area contributed by atoms with Crippen LogP contribution in [0.25, 0.3) is 0 Å². The first-order chi connectivity index (χ1) is 6.82. The molecule has 0 radical (unpaired) electrons. The van der Waals surface area contributed by atoms with Gasteiger partial charge in [-0.2, -0.15) is 13.2 Å². The topological polar surface area (TPSA) is 57.2 Å². The Morgan fingerprint density at radius 3 is 1.73 bits per heavy atom.